The highest BCUT2D eigenvalue weighted by atomic mass is 79.9. The molecule has 2 aromatic heterocycles. The highest BCUT2D eigenvalue weighted by Gasteiger charge is 2.14. The fraction of sp³-hybridized carbons (Fsp3) is 0.111. The summed E-state index contributed by atoms with van der Waals surface area (Å²) in [5.74, 6) is -0.699. The van der Waals surface area contributed by atoms with Gasteiger partial charge in [0.1, 0.15) is 11.5 Å². The number of pyridine rings is 1. The molecule has 8 nitrogen and oxygen atoms in total. The molecule has 0 saturated heterocycles. The molecule has 3 rings (SSSR count). The number of benzene rings is 1. The van der Waals surface area contributed by atoms with E-state index in [0.29, 0.717) is 11.5 Å². The highest BCUT2D eigenvalue weighted by Crippen LogP contribution is 2.24. The van der Waals surface area contributed by atoms with E-state index >= 15 is 0 Å². The lowest BCUT2D eigenvalue weighted by molar-refractivity contribution is -0.138. The van der Waals surface area contributed by atoms with Gasteiger partial charge >= 0.3 is 11.9 Å². The maximum atomic E-state index is 11.9. The molecule has 138 valence electrons. The topological polar surface area (TPSA) is 106 Å². The minimum absolute atomic E-state index is 0.0420. The van der Waals surface area contributed by atoms with Gasteiger partial charge in [0, 0.05) is 28.1 Å². The molecule has 0 fully saturated rings. The Hall–Kier alpha value is -3.20. The van der Waals surface area contributed by atoms with Gasteiger partial charge in [-0.1, -0.05) is 0 Å². The van der Waals surface area contributed by atoms with Crippen LogP contribution in [0.4, 0.5) is 5.69 Å². The molecule has 0 spiro atoms. The van der Waals surface area contributed by atoms with Crippen molar-refractivity contribution < 1.29 is 19.1 Å². The molecule has 0 bridgehead atoms. The van der Waals surface area contributed by atoms with Gasteiger partial charge in [0.05, 0.1) is 31.3 Å². The Labute approximate surface area is 162 Å². The smallest absolute Gasteiger partial charge is 0.354 e. The lowest BCUT2D eigenvalue weighted by Crippen LogP contribution is -2.15. The van der Waals surface area contributed by atoms with E-state index in [2.05, 4.69) is 45.7 Å². The van der Waals surface area contributed by atoms with Crippen LogP contribution in [0.1, 0.15) is 0 Å². The van der Waals surface area contributed by atoms with Crippen LogP contribution in [0.3, 0.4) is 0 Å². The molecule has 0 aliphatic rings. The quantitative estimate of drug-likeness (QED) is 0.473. The number of aromatic amines is 1. The first-order valence-corrected chi connectivity index (χ1v) is 8.55. The lowest BCUT2D eigenvalue weighted by atomic mass is 10.2. The number of fused-ring (bicyclic) bond motifs is 1. The van der Waals surface area contributed by atoms with Crippen molar-refractivity contribution in [2.24, 2.45) is 0 Å². The first-order chi connectivity index (χ1) is 13.0. The summed E-state index contributed by atoms with van der Waals surface area (Å²) in [7, 11) is 2.45. The molecule has 0 atom stereocenters. The van der Waals surface area contributed by atoms with Gasteiger partial charge in [-0.3, -0.25) is 4.98 Å². The second-order valence-electron chi connectivity index (χ2n) is 5.41. The van der Waals surface area contributed by atoms with Crippen LogP contribution in [0, 0.1) is 0 Å². The molecule has 0 amide bonds. The van der Waals surface area contributed by atoms with Crippen LogP contribution in [0.25, 0.3) is 22.4 Å². The van der Waals surface area contributed by atoms with Gasteiger partial charge in [-0.05, 0) is 40.2 Å². The third kappa shape index (κ3) is 4.32. The van der Waals surface area contributed by atoms with E-state index < -0.39 is 11.9 Å². The van der Waals surface area contributed by atoms with E-state index in [1.165, 1.54) is 14.2 Å². The molecule has 0 unspecified atom stereocenters. The van der Waals surface area contributed by atoms with Crippen LogP contribution in [-0.4, -0.2) is 41.1 Å². The fourth-order valence-corrected chi connectivity index (χ4v) is 2.72. The zero-order valence-corrected chi connectivity index (χ0v) is 16.0. The van der Waals surface area contributed by atoms with Gasteiger partial charge in [0.15, 0.2) is 0 Å². The highest BCUT2D eigenvalue weighted by molar-refractivity contribution is 9.10. The SMILES string of the molecule is COC(=O)/C=C(/Nc1ccc2nc(-c3cncc(Br)c3)[nH]c2c1)C(=O)OC. The van der Waals surface area contributed by atoms with Crippen LogP contribution in [-0.2, 0) is 19.1 Å². The Balaban J connectivity index is 1.93. The largest absolute Gasteiger partial charge is 0.466 e. The van der Waals surface area contributed by atoms with Gasteiger partial charge in [-0.25, -0.2) is 14.6 Å². The standard InChI is InChI=1S/C18H15BrN4O4/c1-26-16(24)7-15(18(25)27-2)21-12-3-4-13-14(6-12)23-17(22-13)10-5-11(19)9-20-8-10/h3-9,21H,1-2H3,(H,22,23)/b15-7+. The Morgan fingerprint density at radius 2 is 2.00 bits per heavy atom. The second-order valence-corrected chi connectivity index (χ2v) is 6.32. The summed E-state index contributed by atoms with van der Waals surface area (Å²) in [6, 6.07) is 7.19. The van der Waals surface area contributed by atoms with Gasteiger partial charge < -0.3 is 19.8 Å². The van der Waals surface area contributed by atoms with E-state index in [1.54, 1.807) is 30.6 Å². The summed E-state index contributed by atoms with van der Waals surface area (Å²) >= 11 is 3.39. The first kappa shape index (κ1) is 18.6. The zero-order chi connectivity index (χ0) is 19.4. The molecule has 0 saturated carbocycles. The van der Waals surface area contributed by atoms with E-state index in [9.17, 15) is 9.59 Å². The molecule has 0 aliphatic carbocycles. The van der Waals surface area contributed by atoms with Crippen LogP contribution >= 0.6 is 15.9 Å². The summed E-state index contributed by atoms with van der Waals surface area (Å²) < 4.78 is 10.1. The van der Waals surface area contributed by atoms with Gasteiger partial charge in [0.2, 0.25) is 0 Å². The minimum atomic E-state index is -0.689. The van der Waals surface area contributed by atoms with Crippen molar-refractivity contribution in [3.63, 3.8) is 0 Å². The van der Waals surface area contributed by atoms with E-state index in [4.69, 9.17) is 0 Å². The van der Waals surface area contributed by atoms with Crippen molar-refractivity contribution >= 4 is 44.6 Å². The Kier molecular flexibility index (Phi) is 5.51. The molecule has 0 aliphatic heterocycles. The van der Waals surface area contributed by atoms with Crippen LogP contribution < -0.4 is 5.32 Å². The fourth-order valence-electron chi connectivity index (χ4n) is 2.35. The Bertz CT molecular complexity index is 1040. The molecule has 3 aromatic rings. The van der Waals surface area contributed by atoms with Crippen LogP contribution in [0.5, 0.6) is 0 Å². The maximum absolute atomic E-state index is 11.9. The summed E-state index contributed by atoms with van der Waals surface area (Å²) in [6.45, 7) is 0. The van der Waals surface area contributed by atoms with Crippen molar-refractivity contribution in [2.75, 3.05) is 19.5 Å². The average Bonchev–Trinajstić information content (AvgIpc) is 3.10. The van der Waals surface area contributed by atoms with Crippen molar-refractivity contribution in [1.82, 2.24) is 15.0 Å². The first-order valence-electron chi connectivity index (χ1n) is 7.76. The third-order valence-corrected chi connectivity index (χ3v) is 4.04. The molecule has 1 aromatic carbocycles. The number of nitrogens with one attached hydrogen (secondary N) is 2. The lowest BCUT2D eigenvalue weighted by Gasteiger charge is -2.08. The number of hydrogen-bond acceptors (Lipinski definition) is 7. The van der Waals surface area contributed by atoms with E-state index in [1.807, 2.05) is 6.07 Å². The van der Waals surface area contributed by atoms with Crippen LogP contribution in [0.2, 0.25) is 0 Å². The molecule has 27 heavy (non-hydrogen) atoms. The predicted octanol–water partition coefficient (Wildman–Crippen LogP) is 3.03. The number of aromatic nitrogens is 3. The van der Waals surface area contributed by atoms with E-state index in [0.717, 1.165) is 27.1 Å². The summed E-state index contributed by atoms with van der Waals surface area (Å²) in [4.78, 5) is 35.2. The number of carbonyl (C=O) groups is 2. The third-order valence-electron chi connectivity index (χ3n) is 3.61. The van der Waals surface area contributed by atoms with Gasteiger partial charge in [-0.2, -0.15) is 0 Å². The zero-order valence-electron chi connectivity index (χ0n) is 14.4. The number of imidazole rings is 1. The van der Waals surface area contributed by atoms with Gasteiger partial charge in [-0.15, -0.1) is 0 Å². The summed E-state index contributed by atoms with van der Waals surface area (Å²) in [5, 5.41) is 2.86. The number of esters is 2. The Morgan fingerprint density at radius 1 is 1.19 bits per heavy atom. The number of methoxy groups -OCH3 is 2. The normalized spacial score (nSPS) is 11.3. The number of rotatable bonds is 5. The average molecular weight is 431 g/mol. The molecular weight excluding hydrogens is 416 g/mol. The minimum Gasteiger partial charge on any atom is -0.466 e. The van der Waals surface area contributed by atoms with Crippen molar-refractivity contribution in [3.05, 3.63) is 52.9 Å². The number of halogens is 1. The molecule has 2 heterocycles. The number of hydrogen-bond donors (Lipinski definition) is 2. The van der Waals surface area contributed by atoms with E-state index in [-0.39, 0.29) is 5.70 Å². The number of ether oxygens (including phenoxy) is 2. The van der Waals surface area contributed by atoms with Crippen molar-refractivity contribution in [1.29, 1.82) is 0 Å². The molecule has 9 heteroatoms. The number of carbonyl (C=O) groups excluding carboxylic acids is 2. The second kappa shape index (κ2) is 8.00. The molecule has 0 radical (unpaired) electrons. The van der Waals surface area contributed by atoms with Crippen LogP contribution in [0.15, 0.2) is 52.9 Å². The summed E-state index contributed by atoms with van der Waals surface area (Å²) in [6.07, 6.45) is 4.42. The Morgan fingerprint density at radius 3 is 2.70 bits per heavy atom. The number of anilines is 1. The predicted molar refractivity (Wildman–Crippen MR) is 103 cm³/mol. The maximum Gasteiger partial charge on any atom is 0.354 e. The summed E-state index contributed by atoms with van der Waals surface area (Å²) in [5.41, 5.74) is 2.85. The number of H-pyrrole nitrogens is 1. The van der Waals surface area contributed by atoms with Crippen molar-refractivity contribution in [3.8, 4) is 11.4 Å². The monoisotopic (exact) mass is 430 g/mol. The van der Waals surface area contributed by atoms with Crippen molar-refractivity contribution in [2.45, 2.75) is 0 Å². The number of nitrogens with zero attached hydrogens (tertiary/aromatic N) is 2. The van der Waals surface area contributed by atoms with Gasteiger partial charge in [0.25, 0.3) is 0 Å². The molecular formula is C18H15BrN4O4. The molecule has 2 N–H and O–H groups in total.